The summed E-state index contributed by atoms with van der Waals surface area (Å²) >= 11 is 6.23. The Morgan fingerprint density at radius 3 is 2.89 bits per heavy atom. The number of aliphatic hydroxyl groups excluding tert-OH is 1. The number of pyridine rings is 3. The van der Waals surface area contributed by atoms with Gasteiger partial charge in [-0.05, 0) is 25.5 Å². The Labute approximate surface area is 164 Å². The molecule has 9 heteroatoms. The Morgan fingerprint density at radius 1 is 1.25 bits per heavy atom. The molecule has 0 radical (unpaired) electrons. The molecular weight excluding hydrogens is 380 g/mol. The van der Waals surface area contributed by atoms with Crippen molar-refractivity contribution in [3.8, 4) is 11.4 Å². The number of fused-ring (bicyclic) bond motifs is 2. The van der Waals surface area contributed by atoms with Crippen molar-refractivity contribution in [2.75, 3.05) is 11.4 Å². The van der Waals surface area contributed by atoms with Crippen LogP contribution in [0.5, 0.6) is 0 Å². The number of halogens is 1. The molecule has 1 aliphatic rings. The van der Waals surface area contributed by atoms with Crippen LogP contribution in [0.3, 0.4) is 0 Å². The summed E-state index contributed by atoms with van der Waals surface area (Å²) < 4.78 is 0. The molecule has 1 aliphatic heterocycles. The van der Waals surface area contributed by atoms with E-state index in [1.807, 2.05) is 11.8 Å². The molecule has 4 aromatic heterocycles. The molecule has 0 saturated carbocycles. The van der Waals surface area contributed by atoms with Crippen LogP contribution in [0.25, 0.3) is 33.3 Å². The van der Waals surface area contributed by atoms with Crippen molar-refractivity contribution in [3.05, 3.63) is 46.1 Å². The van der Waals surface area contributed by atoms with E-state index in [0.29, 0.717) is 51.9 Å². The van der Waals surface area contributed by atoms with Crippen LogP contribution < -0.4 is 10.5 Å². The van der Waals surface area contributed by atoms with Crippen molar-refractivity contribution in [3.63, 3.8) is 0 Å². The van der Waals surface area contributed by atoms with E-state index < -0.39 is 6.10 Å². The van der Waals surface area contributed by atoms with Crippen LogP contribution in [0.2, 0.25) is 5.15 Å². The molecule has 2 atom stereocenters. The summed E-state index contributed by atoms with van der Waals surface area (Å²) in [6.45, 7) is 2.49. The van der Waals surface area contributed by atoms with E-state index in [-0.39, 0.29) is 11.6 Å². The highest BCUT2D eigenvalue weighted by molar-refractivity contribution is 6.30. The van der Waals surface area contributed by atoms with Crippen LogP contribution in [0.15, 0.2) is 35.4 Å². The highest BCUT2D eigenvalue weighted by atomic mass is 35.5. The molecule has 0 aromatic carbocycles. The van der Waals surface area contributed by atoms with Crippen molar-refractivity contribution in [1.82, 2.24) is 24.9 Å². The Kier molecular flexibility index (Phi) is 3.85. The monoisotopic (exact) mass is 396 g/mol. The molecule has 28 heavy (non-hydrogen) atoms. The van der Waals surface area contributed by atoms with Crippen LogP contribution in [0.1, 0.15) is 13.3 Å². The standard InChI is InChI=1S/C19H17ClN6O2/c1-9-4-11(27)8-26(9)18-16-14(6-15(20)24-18)22-17(25-16)12-5-10-7-21-3-2-13(10)23-19(12)28/h2-3,5-7,9,11,27H,4,8H2,1H3,(H,22,25)(H,23,28)/t9-,11+/m1/s1. The van der Waals surface area contributed by atoms with E-state index in [2.05, 4.69) is 24.9 Å². The number of aromatic nitrogens is 5. The molecule has 0 aliphatic carbocycles. The molecule has 0 unspecified atom stereocenters. The number of β-amino-alcohol motifs (C(OH)–C–C–N with tert-alkyl or cyclic N) is 1. The molecule has 0 spiro atoms. The number of nitrogens with one attached hydrogen (secondary N) is 2. The minimum Gasteiger partial charge on any atom is -0.391 e. The highest BCUT2D eigenvalue weighted by Crippen LogP contribution is 2.32. The van der Waals surface area contributed by atoms with Crippen molar-refractivity contribution in [2.24, 2.45) is 0 Å². The van der Waals surface area contributed by atoms with Crippen molar-refractivity contribution in [2.45, 2.75) is 25.5 Å². The quantitative estimate of drug-likeness (QED) is 0.449. The van der Waals surface area contributed by atoms with Crippen molar-refractivity contribution < 1.29 is 5.11 Å². The third-order valence-corrected chi connectivity index (χ3v) is 5.34. The van der Waals surface area contributed by atoms with Gasteiger partial charge >= 0.3 is 0 Å². The lowest BCUT2D eigenvalue weighted by atomic mass is 10.2. The summed E-state index contributed by atoms with van der Waals surface area (Å²) in [7, 11) is 0. The Morgan fingerprint density at radius 2 is 2.11 bits per heavy atom. The average molecular weight is 397 g/mol. The second-order valence-electron chi connectivity index (χ2n) is 7.12. The number of anilines is 1. The summed E-state index contributed by atoms with van der Waals surface area (Å²) in [6, 6.07) is 5.31. The number of hydrogen-bond donors (Lipinski definition) is 3. The van der Waals surface area contributed by atoms with E-state index in [1.54, 1.807) is 30.6 Å². The molecule has 8 nitrogen and oxygen atoms in total. The predicted molar refractivity (Wildman–Crippen MR) is 108 cm³/mol. The lowest BCUT2D eigenvalue weighted by Crippen LogP contribution is -2.28. The maximum atomic E-state index is 12.6. The fourth-order valence-electron chi connectivity index (χ4n) is 3.81. The fraction of sp³-hybridized carbons (Fsp3) is 0.263. The third-order valence-electron chi connectivity index (χ3n) is 5.14. The number of H-pyrrole nitrogens is 2. The first-order valence-corrected chi connectivity index (χ1v) is 9.36. The highest BCUT2D eigenvalue weighted by Gasteiger charge is 2.31. The molecule has 0 amide bonds. The van der Waals surface area contributed by atoms with Gasteiger partial charge in [0.15, 0.2) is 5.82 Å². The summed E-state index contributed by atoms with van der Waals surface area (Å²) in [5.41, 5.74) is 2.18. The van der Waals surface area contributed by atoms with E-state index in [4.69, 9.17) is 11.6 Å². The number of imidazole rings is 1. The summed E-state index contributed by atoms with van der Waals surface area (Å²) in [4.78, 5) is 33.8. The first kappa shape index (κ1) is 17.2. The van der Waals surface area contributed by atoms with Gasteiger partial charge in [-0.25, -0.2) is 9.97 Å². The lowest BCUT2D eigenvalue weighted by molar-refractivity contribution is 0.195. The molecule has 5 heterocycles. The Balaban J connectivity index is 1.70. The van der Waals surface area contributed by atoms with Gasteiger partial charge < -0.3 is 20.0 Å². The molecule has 3 N–H and O–H groups in total. The molecule has 5 rings (SSSR count). The van der Waals surface area contributed by atoms with Gasteiger partial charge in [0, 0.05) is 36.4 Å². The smallest absolute Gasteiger partial charge is 0.259 e. The van der Waals surface area contributed by atoms with E-state index in [1.165, 1.54) is 0 Å². The fourth-order valence-corrected chi connectivity index (χ4v) is 4.00. The van der Waals surface area contributed by atoms with Crippen LogP contribution >= 0.6 is 11.6 Å². The van der Waals surface area contributed by atoms with Gasteiger partial charge in [0.05, 0.1) is 22.7 Å². The molecule has 0 bridgehead atoms. The SMILES string of the molecule is C[C@@H]1C[C@H](O)CN1c1nc(Cl)cc2[nH]c(-c3cc4cnccc4[nH]c3=O)nc12. The van der Waals surface area contributed by atoms with Crippen LogP contribution in [0, 0.1) is 0 Å². The van der Waals surface area contributed by atoms with Gasteiger partial charge in [-0.3, -0.25) is 9.78 Å². The maximum absolute atomic E-state index is 12.6. The minimum atomic E-state index is -0.417. The zero-order valence-electron chi connectivity index (χ0n) is 15.0. The predicted octanol–water partition coefficient (Wildman–Crippen LogP) is 2.47. The second kappa shape index (κ2) is 6.29. The third kappa shape index (κ3) is 2.73. The van der Waals surface area contributed by atoms with E-state index in [0.717, 1.165) is 5.39 Å². The van der Waals surface area contributed by atoms with Crippen LogP contribution in [-0.2, 0) is 0 Å². The number of nitrogens with zero attached hydrogens (tertiary/aromatic N) is 4. The van der Waals surface area contributed by atoms with Gasteiger partial charge in [0.2, 0.25) is 0 Å². The topological polar surface area (TPSA) is 111 Å². The summed E-state index contributed by atoms with van der Waals surface area (Å²) in [5, 5.41) is 11.1. The molecular formula is C19H17ClN6O2. The summed E-state index contributed by atoms with van der Waals surface area (Å²) in [6.07, 6.45) is 3.56. The molecule has 1 saturated heterocycles. The Bertz CT molecular complexity index is 1270. The Hall–Kier alpha value is -2.97. The van der Waals surface area contributed by atoms with Crippen molar-refractivity contribution >= 4 is 39.4 Å². The number of aliphatic hydroxyl groups is 1. The van der Waals surface area contributed by atoms with E-state index in [9.17, 15) is 9.90 Å². The second-order valence-corrected chi connectivity index (χ2v) is 7.50. The normalized spacial score (nSPS) is 19.8. The largest absolute Gasteiger partial charge is 0.391 e. The van der Waals surface area contributed by atoms with Crippen LogP contribution in [0.4, 0.5) is 5.82 Å². The molecule has 1 fully saturated rings. The number of rotatable bonds is 2. The molecule has 4 aromatic rings. The average Bonchev–Trinajstić information content (AvgIpc) is 3.22. The first-order chi connectivity index (χ1) is 13.5. The van der Waals surface area contributed by atoms with Gasteiger partial charge in [-0.15, -0.1) is 0 Å². The maximum Gasteiger partial charge on any atom is 0.259 e. The minimum absolute atomic E-state index is 0.111. The first-order valence-electron chi connectivity index (χ1n) is 8.98. The van der Waals surface area contributed by atoms with Gasteiger partial charge in [0.25, 0.3) is 5.56 Å². The number of hydrogen-bond acceptors (Lipinski definition) is 6. The van der Waals surface area contributed by atoms with Gasteiger partial charge in [-0.1, -0.05) is 11.6 Å². The summed E-state index contributed by atoms with van der Waals surface area (Å²) in [5.74, 6) is 1.03. The zero-order valence-corrected chi connectivity index (χ0v) is 15.7. The van der Waals surface area contributed by atoms with Gasteiger partial charge in [0.1, 0.15) is 16.5 Å². The molecule has 142 valence electrons. The van der Waals surface area contributed by atoms with Crippen LogP contribution in [-0.4, -0.2) is 48.7 Å². The lowest BCUT2D eigenvalue weighted by Gasteiger charge is -2.22. The van der Waals surface area contributed by atoms with Crippen molar-refractivity contribution in [1.29, 1.82) is 0 Å². The zero-order chi connectivity index (χ0) is 19.4. The number of aromatic amines is 2. The van der Waals surface area contributed by atoms with Gasteiger partial charge in [-0.2, -0.15) is 0 Å². The van der Waals surface area contributed by atoms with E-state index >= 15 is 0 Å².